The summed E-state index contributed by atoms with van der Waals surface area (Å²) in [5, 5.41) is 1.60. The molecule has 0 spiro atoms. The Hall–Kier alpha value is -1.52. The SMILES string of the molecule is C=CCOC(=O)NC([NH])=O. The van der Waals surface area contributed by atoms with Crippen molar-refractivity contribution in [2.24, 2.45) is 0 Å². The Balaban J connectivity index is 3.43. The van der Waals surface area contributed by atoms with Crippen LogP contribution in [0.4, 0.5) is 9.59 Å². The summed E-state index contributed by atoms with van der Waals surface area (Å²) in [6.07, 6.45) is 0.425. The number of rotatable bonds is 2. The highest BCUT2D eigenvalue weighted by Crippen LogP contribution is 1.76. The van der Waals surface area contributed by atoms with Crippen molar-refractivity contribution >= 4 is 12.1 Å². The molecule has 0 saturated carbocycles. The number of nitrogens with one attached hydrogen (secondary N) is 2. The molecule has 55 valence electrons. The summed E-state index contributed by atoms with van der Waals surface area (Å²) in [6, 6.07) is -1.19. The third-order valence-corrected chi connectivity index (χ3v) is 0.548. The van der Waals surface area contributed by atoms with Crippen LogP contribution in [0.2, 0.25) is 0 Å². The molecule has 0 aliphatic rings. The van der Waals surface area contributed by atoms with E-state index in [1.54, 1.807) is 5.32 Å². The Morgan fingerprint density at radius 3 is 2.70 bits per heavy atom. The largest absolute Gasteiger partial charge is 0.445 e. The van der Waals surface area contributed by atoms with E-state index in [0.717, 1.165) is 0 Å². The van der Waals surface area contributed by atoms with Gasteiger partial charge in [0.25, 0.3) is 0 Å². The molecule has 5 nitrogen and oxygen atoms in total. The molecule has 0 aromatic heterocycles. The van der Waals surface area contributed by atoms with E-state index in [0.29, 0.717) is 0 Å². The number of urea groups is 1. The molecule has 0 bridgehead atoms. The second kappa shape index (κ2) is 4.37. The van der Waals surface area contributed by atoms with Gasteiger partial charge in [0.2, 0.25) is 0 Å². The molecule has 0 heterocycles. The number of carbonyl (C=O) groups excluding carboxylic acids is 2. The highest BCUT2D eigenvalue weighted by Gasteiger charge is 2.02. The highest BCUT2D eigenvalue weighted by molar-refractivity contribution is 5.89. The van der Waals surface area contributed by atoms with Gasteiger partial charge in [0.15, 0.2) is 0 Å². The first-order valence-corrected chi connectivity index (χ1v) is 2.47. The molecule has 3 amide bonds. The lowest BCUT2D eigenvalue weighted by atomic mass is 10.7. The minimum Gasteiger partial charge on any atom is -0.445 e. The molecule has 0 atom stereocenters. The van der Waals surface area contributed by atoms with Crippen LogP contribution in [0.1, 0.15) is 0 Å². The summed E-state index contributed by atoms with van der Waals surface area (Å²) >= 11 is 0. The maximum atomic E-state index is 10.3. The summed E-state index contributed by atoms with van der Waals surface area (Å²) < 4.78 is 4.29. The molecule has 5 heteroatoms. The van der Waals surface area contributed by atoms with Gasteiger partial charge in [0.05, 0.1) is 0 Å². The molecule has 0 saturated heterocycles. The molecular weight excluding hydrogens is 136 g/mol. The molecule has 1 radical (unpaired) electrons. The smallest absolute Gasteiger partial charge is 0.415 e. The van der Waals surface area contributed by atoms with Gasteiger partial charge in [-0.15, -0.1) is 0 Å². The van der Waals surface area contributed by atoms with Crippen LogP contribution >= 0.6 is 0 Å². The number of amides is 3. The van der Waals surface area contributed by atoms with Gasteiger partial charge < -0.3 is 4.74 Å². The van der Waals surface area contributed by atoms with Crippen molar-refractivity contribution in [1.29, 1.82) is 0 Å². The zero-order valence-corrected chi connectivity index (χ0v) is 5.22. The third-order valence-electron chi connectivity index (χ3n) is 0.548. The maximum absolute atomic E-state index is 10.3. The zero-order valence-electron chi connectivity index (χ0n) is 5.22. The van der Waals surface area contributed by atoms with Gasteiger partial charge in [-0.3, -0.25) is 0 Å². The van der Waals surface area contributed by atoms with Gasteiger partial charge in [0.1, 0.15) is 6.61 Å². The van der Waals surface area contributed by atoms with Crippen molar-refractivity contribution in [2.75, 3.05) is 6.61 Å². The molecule has 0 aromatic rings. The van der Waals surface area contributed by atoms with Crippen molar-refractivity contribution < 1.29 is 14.3 Å². The lowest BCUT2D eigenvalue weighted by Gasteiger charge is -1.98. The Kier molecular flexibility index (Phi) is 3.70. The Bertz CT molecular complexity index is 155. The first kappa shape index (κ1) is 8.48. The summed E-state index contributed by atoms with van der Waals surface area (Å²) in [6.45, 7) is 3.30. The summed E-state index contributed by atoms with van der Waals surface area (Å²) in [7, 11) is 0. The van der Waals surface area contributed by atoms with Gasteiger partial charge in [-0.2, -0.15) is 0 Å². The fraction of sp³-hybridized carbons (Fsp3) is 0.200. The van der Waals surface area contributed by atoms with Crippen molar-refractivity contribution in [1.82, 2.24) is 11.1 Å². The first-order chi connectivity index (χ1) is 4.66. The summed E-state index contributed by atoms with van der Waals surface area (Å²) in [5.41, 5.74) is 6.27. The number of imide groups is 1. The average Bonchev–Trinajstić information content (AvgIpc) is 1.82. The van der Waals surface area contributed by atoms with Crippen molar-refractivity contribution in [3.8, 4) is 0 Å². The van der Waals surface area contributed by atoms with E-state index in [1.165, 1.54) is 6.08 Å². The van der Waals surface area contributed by atoms with Crippen molar-refractivity contribution in [3.63, 3.8) is 0 Å². The zero-order chi connectivity index (χ0) is 7.98. The summed E-state index contributed by atoms with van der Waals surface area (Å²) in [4.78, 5) is 20.1. The van der Waals surface area contributed by atoms with Crippen LogP contribution in [-0.2, 0) is 4.74 Å². The van der Waals surface area contributed by atoms with E-state index in [-0.39, 0.29) is 6.61 Å². The second-order valence-electron chi connectivity index (χ2n) is 1.34. The first-order valence-electron chi connectivity index (χ1n) is 2.47. The molecule has 10 heavy (non-hydrogen) atoms. The second-order valence-corrected chi connectivity index (χ2v) is 1.34. The monoisotopic (exact) mass is 143 g/mol. The van der Waals surface area contributed by atoms with Gasteiger partial charge in [0, 0.05) is 0 Å². The lowest BCUT2D eigenvalue weighted by Crippen LogP contribution is -2.30. The van der Waals surface area contributed by atoms with Crippen molar-refractivity contribution in [2.45, 2.75) is 0 Å². The number of ether oxygens (including phenoxy) is 1. The fourth-order valence-electron chi connectivity index (χ4n) is 0.263. The Morgan fingerprint density at radius 1 is 1.70 bits per heavy atom. The molecule has 0 aliphatic heterocycles. The number of carbonyl (C=O) groups is 2. The molecule has 0 aliphatic carbocycles. The van der Waals surface area contributed by atoms with Gasteiger partial charge >= 0.3 is 12.1 Å². The number of hydrogen-bond donors (Lipinski definition) is 1. The minimum atomic E-state index is -1.19. The van der Waals surface area contributed by atoms with Gasteiger partial charge in [-0.05, 0) is 0 Å². The summed E-state index contributed by atoms with van der Waals surface area (Å²) in [5.74, 6) is 0. The molecular formula is C5H7N2O3. The topological polar surface area (TPSA) is 79.2 Å². The van der Waals surface area contributed by atoms with E-state index in [4.69, 9.17) is 5.73 Å². The average molecular weight is 143 g/mol. The van der Waals surface area contributed by atoms with E-state index in [9.17, 15) is 9.59 Å². The molecule has 0 rings (SSSR count). The quantitative estimate of drug-likeness (QED) is 0.564. The minimum absolute atomic E-state index is 0.0269. The van der Waals surface area contributed by atoms with E-state index in [2.05, 4.69) is 11.3 Å². The fourth-order valence-corrected chi connectivity index (χ4v) is 0.263. The standard InChI is InChI=1S/C5H7N2O3/c1-2-3-10-5(9)7-4(6)8/h2,6H,1,3H2,(H,7,8,9). The normalized spacial score (nSPS) is 8.00. The van der Waals surface area contributed by atoms with E-state index >= 15 is 0 Å². The van der Waals surface area contributed by atoms with Crippen LogP contribution in [0.25, 0.3) is 0 Å². The van der Waals surface area contributed by atoms with E-state index < -0.39 is 12.1 Å². The Morgan fingerprint density at radius 2 is 2.30 bits per heavy atom. The molecule has 0 unspecified atom stereocenters. The van der Waals surface area contributed by atoms with Crippen LogP contribution in [-0.4, -0.2) is 18.7 Å². The van der Waals surface area contributed by atoms with Crippen LogP contribution < -0.4 is 11.1 Å². The van der Waals surface area contributed by atoms with Crippen LogP contribution in [0.5, 0.6) is 0 Å². The number of hydrogen-bond acceptors (Lipinski definition) is 3. The molecule has 2 N–H and O–H groups in total. The predicted octanol–water partition coefficient (Wildman–Crippen LogP) is 0.301. The highest BCUT2D eigenvalue weighted by atomic mass is 16.5. The van der Waals surface area contributed by atoms with Crippen molar-refractivity contribution in [3.05, 3.63) is 12.7 Å². The molecule has 0 fully saturated rings. The van der Waals surface area contributed by atoms with Crippen LogP contribution in [0, 0.1) is 0 Å². The number of alkyl carbamates (subject to hydrolysis) is 1. The van der Waals surface area contributed by atoms with Crippen LogP contribution in [0.3, 0.4) is 0 Å². The van der Waals surface area contributed by atoms with E-state index in [1.807, 2.05) is 0 Å². The lowest BCUT2D eigenvalue weighted by molar-refractivity contribution is 0.159. The van der Waals surface area contributed by atoms with Crippen LogP contribution in [0.15, 0.2) is 12.7 Å². The van der Waals surface area contributed by atoms with Gasteiger partial charge in [-0.25, -0.2) is 20.6 Å². The third kappa shape index (κ3) is 4.63. The predicted molar refractivity (Wildman–Crippen MR) is 33.2 cm³/mol. The Labute approximate surface area is 57.8 Å². The van der Waals surface area contributed by atoms with Gasteiger partial charge in [-0.1, -0.05) is 12.7 Å². The molecule has 0 aromatic carbocycles. The maximum Gasteiger partial charge on any atom is 0.415 e.